The number of benzene rings is 9. The lowest BCUT2D eigenvalue weighted by molar-refractivity contribution is -0.172. The lowest BCUT2D eigenvalue weighted by Crippen LogP contribution is -2.51. The molecule has 9 aromatic rings. The zero-order valence-corrected chi connectivity index (χ0v) is 55.3. The van der Waals surface area contributed by atoms with Crippen molar-refractivity contribution in [1.82, 2.24) is 41.3 Å². The third-order valence-corrected chi connectivity index (χ3v) is 24.5. The van der Waals surface area contributed by atoms with Crippen LogP contribution in [0.2, 0.25) is 0 Å². The molecule has 4 saturated heterocycles. The van der Waals surface area contributed by atoms with Crippen LogP contribution in [0, 0.1) is 0 Å². The fourth-order valence-corrected chi connectivity index (χ4v) is 20.8. The Bertz CT molecular complexity index is 4170. The van der Waals surface area contributed by atoms with Gasteiger partial charge in [-0.2, -0.15) is 0 Å². The molecular weight excluding hydrogens is 1240 g/mol. The first-order chi connectivity index (χ1) is 46.7. The molecule has 4 aliphatic rings. The minimum atomic E-state index is -2.17. The van der Waals surface area contributed by atoms with Gasteiger partial charge in [0.15, 0.2) is 0 Å². The van der Waals surface area contributed by atoms with E-state index in [2.05, 4.69) is 21.3 Å². The number of carbonyl (C=O) groups excluding carboxylic acids is 8. The summed E-state index contributed by atoms with van der Waals surface area (Å²) in [5, 5.41) is 20.0. The molecule has 9 aromatic carbocycles. The lowest BCUT2D eigenvalue weighted by atomic mass is 10.0. The Hall–Kier alpha value is -10.4. The van der Waals surface area contributed by atoms with Gasteiger partial charge in [-0.1, -0.05) is 218 Å². The first-order valence-electron chi connectivity index (χ1n) is 32.4. The Balaban J connectivity index is 1.04. The van der Waals surface area contributed by atoms with E-state index in [1.54, 1.807) is 60.7 Å². The fraction of sp³-hybridized carbons (Fsp3) is 0.205. The number of fused-ring (bicyclic) bond motifs is 2. The summed E-state index contributed by atoms with van der Waals surface area (Å²) in [4.78, 5) is 123. The van der Waals surface area contributed by atoms with Crippen LogP contribution in [-0.2, 0) is 19.2 Å². The summed E-state index contributed by atoms with van der Waals surface area (Å²) in [6.45, 7) is 7.59. The molecule has 16 nitrogen and oxygen atoms in total. The number of hydrogen-bond acceptors (Lipinski definition) is 8. The zero-order valence-electron chi connectivity index (χ0n) is 53.5. The number of nitrogens with one attached hydrogen (secondary N) is 4. The summed E-state index contributed by atoms with van der Waals surface area (Å²) in [5.41, 5.74) is 6.42. The summed E-state index contributed by atoms with van der Waals surface area (Å²) >= 11 is 0. The lowest BCUT2D eigenvalue weighted by Gasteiger charge is -2.40. The van der Waals surface area contributed by atoms with Crippen molar-refractivity contribution in [1.29, 1.82) is 0 Å². The second-order valence-corrected chi connectivity index (χ2v) is 29.1. The molecule has 4 fully saturated rings. The Morgan fingerprint density at radius 1 is 0.292 bits per heavy atom. The molecule has 10 atom stereocenters. The van der Waals surface area contributed by atoms with Gasteiger partial charge in [0.2, 0.25) is 23.6 Å². The molecule has 0 aliphatic carbocycles. The monoisotopic (exact) mass is 1310 g/mol. The molecule has 0 radical (unpaired) electrons. The van der Waals surface area contributed by atoms with Gasteiger partial charge < -0.3 is 21.3 Å². The van der Waals surface area contributed by atoms with Crippen molar-refractivity contribution in [2.75, 3.05) is 0 Å². The Morgan fingerprint density at radius 2 is 0.500 bits per heavy atom. The molecule has 18 heteroatoms. The Kier molecular flexibility index (Phi) is 18.7. The van der Waals surface area contributed by atoms with Gasteiger partial charge in [-0.05, 0) is 123 Å². The fourth-order valence-electron chi connectivity index (χ4n) is 13.8. The summed E-state index contributed by atoms with van der Waals surface area (Å²) in [6.07, 6.45) is -0.608. The third kappa shape index (κ3) is 12.4. The van der Waals surface area contributed by atoms with Crippen molar-refractivity contribution in [3.05, 3.63) is 309 Å². The van der Waals surface area contributed by atoms with Gasteiger partial charge in [-0.25, -0.2) is 20.0 Å². The van der Waals surface area contributed by atoms with E-state index in [-0.39, 0.29) is 71.6 Å². The largest absolute Gasteiger partial charge is 0.346 e. The normalized spacial score (nSPS) is 20.3. The highest BCUT2D eigenvalue weighted by Gasteiger charge is 2.60. The van der Waals surface area contributed by atoms with Crippen LogP contribution in [-0.4, -0.2) is 67.3 Å². The number of amides is 8. The minimum Gasteiger partial charge on any atom is -0.346 e. The standard InChI is InChI=1S/C78H72N8O8P2/c1-49(53-27-9-5-10-28-53)79-71(91)57-35-17-19-37-59(57)75-83-67(87)45-47-69(89)85(83)77(95(75)65-43-25-23-41-63(65)73(93)81-51(3)55-31-13-7-14-32-55)61-39-21-22-40-62(61)78-86-70(90)48-46-68(88)84(86)76(60-38-20-18-36-58(60)72(92)80-50(2)54-29-11-6-12-30-54)96(78)66-44-26-24-42-64(66)74(94)82-52(4)56-33-15-8-16-34-56/h5-44,49-52,75-78H,45-48H2,1-4H3,(H,79,91)(H,80,92)(H,81,93)(H,82,94)/t49-,50-,51-,52-,75+,76+,77+,78+,95?,96?/m0/s1. The predicted octanol–water partition coefficient (Wildman–Crippen LogP) is 13.4. The van der Waals surface area contributed by atoms with Gasteiger partial charge in [0.05, 0.1) is 24.2 Å². The summed E-state index contributed by atoms with van der Waals surface area (Å²) in [5.74, 6) is -7.59. The Morgan fingerprint density at radius 3 is 0.781 bits per heavy atom. The van der Waals surface area contributed by atoms with E-state index in [0.717, 1.165) is 22.3 Å². The van der Waals surface area contributed by atoms with Gasteiger partial charge in [0.25, 0.3) is 23.6 Å². The smallest absolute Gasteiger partial charge is 0.252 e. The maximum Gasteiger partial charge on any atom is 0.252 e. The highest BCUT2D eigenvalue weighted by atomic mass is 31.1. The second-order valence-electron chi connectivity index (χ2n) is 24.5. The van der Waals surface area contributed by atoms with Gasteiger partial charge >= 0.3 is 0 Å². The molecule has 96 heavy (non-hydrogen) atoms. The molecule has 0 saturated carbocycles. The van der Waals surface area contributed by atoms with Gasteiger partial charge in [0, 0.05) is 47.9 Å². The average molecular weight is 1310 g/mol. The van der Waals surface area contributed by atoms with E-state index in [0.29, 0.717) is 32.9 Å². The molecular formula is C78H72N8O8P2. The van der Waals surface area contributed by atoms with Crippen molar-refractivity contribution in [2.24, 2.45) is 0 Å². The Labute approximate surface area is 560 Å². The van der Waals surface area contributed by atoms with E-state index in [4.69, 9.17) is 0 Å². The first kappa shape index (κ1) is 64.3. The topological polar surface area (TPSA) is 198 Å². The second kappa shape index (κ2) is 27.9. The minimum absolute atomic E-state index is 0.146. The van der Waals surface area contributed by atoms with Crippen molar-refractivity contribution < 1.29 is 38.4 Å². The molecule has 0 bridgehead atoms. The van der Waals surface area contributed by atoms with E-state index >= 15 is 38.4 Å². The first-order valence-corrected chi connectivity index (χ1v) is 35.4. The van der Waals surface area contributed by atoms with Crippen molar-refractivity contribution >= 4 is 73.7 Å². The van der Waals surface area contributed by atoms with Crippen LogP contribution >= 0.6 is 15.8 Å². The van der Waals surface area contributed by atoms with Crippen LogP contribution in [0.5, 0.6) is 0 Å². The quantitative estimate of drug-likeness (QED) is 0.0609. The summed E-state index contributed by atoms with van der Waals surface area (Å²) in [6, 6.07) is 72.5. The van der Waals surface area contributed by atoms with E-state index in [9.17, 15) is 0 Å². The molecule has 13 rings (SSSR count). The molecule has 4 heterocycles. The molecule has 0 aromatic heterocycles. The number of rotatable bonds is 18. The number of hydrazine groups is 2. The molecule has 0 spiro atoms. The zero-order chi connectivity index (χ0) is 66.7. The molecule has 4 aliphatic heterocycles. The van der Waals surface area contributed by atoms with Crippen molar-refractivity contribution in [3.8, 4) is 0 Å². The van der Waals surface area contributed by atoms with Crippen LogP contribution in [0.15, 0.2) is 243 Å². The van der Waals surface area contributed by atoms with Gasteiger partial charge in [-0.3, -0.25) is 38.4 Å². The van der Waals surface area contributed by atoms with Crippen LogP contribution in [0.25, 0.3) is 0 Å². The molecule has 2 unspecified atom stereocenters. The van der Waals surface area contributed by atoms with Gasteiger partial charge in [-0.15, -0.1) is 0 Å². The van der Waals surface area contributed by atoms with Crippen molar-refractivity contribution in [2.45, 2.75) is 101 Å². The van der Waals surface area contributed by atoms with E-state index in [1.165, 1.54) is 20.0 Å². The third-order valence-electron chi connectivity index (χ3n) is 18.5. The van der Waals surface area contributed by atoms with E-state index in [1.807, 2.05) is 210 Å². The van der Waals surface area contributed by atoms with E-state index < -0.39 is 86.8 Å². The van der Waals surface area contributed by atoms with Crippen molar-refractivity contribution in [3.63, 3.8) is 0 Å². The van der Waals surface area contributed by atoms with Crippen LogP contribution in [0.3, 0.4) is 0 Å². The highest BCUT2D eigenvalue weighted by Crippen LogP contribution is 2.75. The molecule has 8 amide bonds. The number of hydrogen-bond donors (Lipinski definition) is 4. The maximum atomic E-state index is 15.6. The number of carbonyl (C=O) groups is 8. The predicted molar refractivity (Wildman–Crippen MR) is 371 cm³/mol. The molecule has 482 valence electrons. The molecule has 4 N–H and O–H groups in total. The van der Waals surface area contributed by atoms with Crippen LogP contribution in [0.1, 0.15) is 187 Å². The van der Waals surface area contributed by atoms with Gasteiger partial charge in [0.1, 0.15) is 23.1 Å². The number of nitrogens with zero attached hydrogens (tertiary/aromatic N) is 4. The summed E-state index contributed by atoms with van der Waals surface area (Å²) < 4.78 is 0. The highest BCUT2D eigenvalue weighted by molar-refractivity contribution is 7.67. The average Bonchev–Trinajstić information content (AvgIpc) is 1.55. The maximum absolute atomic E-state index is 15.6. The van der Waals surface area contributed by atoms with Crippen LogP contribution in [0.4, 0.5) is 0 Å². The SMILES string of the molecule is C[C@H](NC(=O)c1ccccc1[C@@H]1N2C(=O)CCC(=O)N2[C@@H](c2ccccc2[C@@H]2N3C(=O)CCC(=O)N3[C@@H](c3ccccc3C(=O)N[C@@H](C)c3ccccc3)P2c2ccccc2C(=O)N[C@@H](C)c2ccccc2)P1c1ccccc1C(=O)N[C@@H](C)c1ccccc1)c1ccccc1. The van der Waals surface area contributed by atoms with Crippen LogP contribution < -0.4 is 31.9 Å². The summed E-state index contributed by atoms with van der Waals surface area (Å²) in [7, 11) is -4.34.